The van der Waals surface area contributed by atoms with Gasteiger partial charge < -0.3 is 16.2 Å². The van der Waals surface area contributed by atoms with E-state index in [-0.39, 0.29) is 12.1 Å². The summed E-state index contributed by atoms with van der Waals surface area (Å²) >= 11 is 0. The monoisotopic (exact) mass is 144 g/mol. The predicted octanol–water partition coefficient (Wildman–Crippen LogP) is -0.719. The average Bonchev–Trinajstić information content (AvgIpc) is 1.87. The smallest absolute Gasteiger partial charge is 0.211 e. The fraction of sp³-hybridized carbons (Fsp3) is 0.600. The van der Waals surface area contributed by atoms with Gasteiger partial charge in [-0.15, -0.1) is 5.10 Å². The SMILES string of the molecule is COC(C)/C=N/N=C(N)N. The lowest BCUT2D eigenvalue weighted by molar-refractivity contribution is 0.174. The molecule has 0 aliphatic carbocycles. The van der Waals surface area contributed by atoms with Gasteiger partial charge in [-0.3, -0.25) is 0 Å². The third-order valence-electron chi connectivity index (χ3n) is 0.822. The van der Waals surface area contributed by atoms with Crippen LogP contribution in [0, 0.1) is 0 Å². The number of methoxy groups -OCH3 is 1. The summed E-state index contributed by atoms with van der Waals surface area (Å²) < 4.78 is 4.83. The number of hydrogen-bond acceptors (Lipinski definition) is 3. The van der Waals surface area contributed by atoms with E-state index in [4.69, 9.17) is 16.2 Å². The Balaban J connectivity index is 3.66. The van der Waals surface area contributed by atoms with Gasteiger partial charge in [0.2, 0.25) is 5.96 Å². The van der Waals surface area contributed by atoms with E-state index in [1.165, 1.54) is 6.21 Å². The molecule has 0 aromatic rings. The maximum atomic E-state index is 4.99. The van der Waals surface area contributed by atoms with Crippen LogP contribution in [0.4, 0.5) is 0 Å². The summed E-state index contributed by atoms with van der Waals surface area (Å²) in [6.07, 6.45) is 1.43. The topological polar surface area (TPSA) is 86.0 Å². The first-order valence-electron chi connectivity index (χ1n) is 2.81. The molecule has 10 heavy (non-hydrogen) atoms. The van der Waals surface area contributed by atoms with Gasteiger partial charge in [0.25, 0.3) is 0 Å². The number of rotatable bonds is 3. The van der Waals surface area contributed by atoms with Crippen molar-refractivity contribution in [1.29, 1.82) is 0 Å². The zero-order valence-corrected chi connectivity index (χ0v) is 6.11. The van der Waals surface area contributed by atoms with Crippen molar-refractivity contribution in [2.24, 2.45) is 21.7 Å². The molecule has 0 spiro atoms. The van der Waals surface area contributed by atoms with Crippen LogP contribution in [0.25, 0.3) is 0 Å². The van der Waals surface area contributed by atoms with E-state index in [1.54, 1.807) is 7.11 Å². The number of nitrogens with zero attached hydrogens (tertiary/aromatic N) is 2. The van der Waals surface area contributed by atoms with Crippen LogP contribution in [-0.2, 0) is 4.74 Å². The summed E-state index contributed by atoms with van der Waals surface area (Å²) in [5, 5.41) is 6.90. The van der Waals surface area contributed by atoms with Crippen LogP contribution in [0.5, 0.6) is 0 Å². The van der Waals surface area contributed by atoms with Gasteiger partial charge in [0.1, 0.15) is 0 Å². The van der Waals surface area contributed by atoms with Crippen molar-refractivity contribution in [3.63, 3.8) is 0 Å². The summed E-state index contributed by atoms with van der Waals surface area (Å²) in [4.78, 5) is 0. The molecule has 0 saturated carbocycles. The van der Waals surface area contributed by atoms with Gasteiger partial charge in [-0.2, -0.15) is 5.10 Å². The van der Waals surface area contributed by atoms with Gasteiger partial charge in [0.15, 0.2) is 0 Å². The minimum Gasteiger partial charge on any atom is -0.376 e. The quantitative estimate of drug-likeness (QED) is 0.311. The molecule has 1 unspecified atom stereocenters. The van der Waals surface area contributed by atoms with Gasteiger partial charge in [-0.25, -0.2) is 0 Å². The number of hydrogen-bond donors (Lipinski definition) is 2. The first-order chi connectivity index (χ1) is 4.66. The first-order valence-corrected chi connectivity index (χ1v) is 2.81. The molecule has 0 aromatic carbocycles. The number of nitrogens with two attached hydrogens (primary N) is 2. The molecule has 0 rings (SSSR count). The Kier molecular flexibility index (Phi) is 4.23. The highest BCUT2D eigenvalue weighted by Crippen LogP contribution is 1.81. The normalized spacial score (nSPS) is 13.4. The molecule has 0 bridgehead atoms. The summed E-state index contributed by atoms with van der Waals surface area (Å²) in [6.45, 7) is 1.83. The molecule has 5 heteroatoms. The summed E-state index contributed by atoms with van der Waals surface area (Å²) in [6, 6.07) is 0. The molecule has 5 nitrogen and oxygen atoms in total. The molecule has 0 amide bonds. The van der Waals surface area contributed by atoms with Crippen molar-refractivity contribution in [3.05, 3.63) is 0 Å². The van der Waals surface area contributed by atoms with Crippen LogP contribution >= 0.6 is 0 Å². The predicted molar refractivity (Wildman–Crippen MR) is 40.8 cm³/mol. The summed E-state index contributed by atoms with van der Waals surface area (Å²) in [7, 11) is 1.58. The first kappa shape index (κ1) is 8.90. The van der Waals surface area contributed by atoms with Crippen LogP contribution in [0.15, 0.2) is 10.2 Å². The van der Waals surface area contributed by atoms with Crippen LogP contribution < -0.4 is 11.5 Å². The molecular weight excluding hydrogens is 132 g/mol. The number of ether oxygens (including phenoxy) is 1. The van der Waals surface area contributed by atoms with E-state index >= 15 is 0 Å². The Bertz CT molecular complexity index is 139. The molecule has 0 saturated heterocycles. The zero-order chi connectivity index (χ0) is 7.98. The van der Waals surface area contributed by atoms with E-state index in [1.807, 2.05) is 6.92 Å². The van der Waals surface area contributed by atoms with Crippen LogP contribution in [-0.4, -0.2) is 25.4 Å². The molecule has 0 heterocycles. The highest BCUT2D eigenvalue weighted by Gasteiger charge is 1.89. The Hall–Kier alpha value is -1.10. The molecular formula is C5H12N4O. The molecule has 0 fully saturated rings. The van der Waals surface area contributed by atoms with E-state index in [2.05, 4.69) is 10.2 Å². The standard InChI is InChI=1S/C5H12N4O/c1-4(10-2)3-8-9-5(6)7/h3-4H,1-2H3,(H4,6,7,9)/b8-3+. The fourth-order valence-corrected chi connectivity index (χ4v) is 0.255. The zero-order valence-electron chi connectivity index (χ0n) is 6.11. The highest BCUT2D eigenvalue weighted by molar-refractivity contribution is 5.76. The van der Waals surface area contributed by atoms with Gasteiger partial charge in [-0.05, 0) is 6.92 Å². The van der Waals surface area contributed by atoms with Gasteiger partial charge >= 0.3 is 0 Å². The van der Waals surface area contributed by atoms with Crippen molar-refractivity contribution in [2.45, 2.75) is 13.0 Å². The summed E-state index contributed by atoms with van der Waals surface area (Å²) in [5.74, 6) is -0.0560. The lowest BCUT2D eigenvalue weighted by Crippen LogP contribution is -2.22. The molecule has 1 atom stereocenters. The van der Waals surface area contributed by atoms with E-state index in [9.17, 15) is 0 Å². The van der Waals surface area contributed by atoms with Crippen LogP contribution in [0.3, 0.4) is 0 Å². The second-order valence-electron chi connectivity index (χ2n) is 1.73. The molecule has 0 aromatic heterocycles. The summed E-state index contributed by atoms with van der Waals surface area (Å²) in [5.41, 5.74) is 9.99. The molecule has 58 valence electrons. The van der Waals surface area contributed by atoms with E-state index < -0.39 is 0 Å². The van der Waals surface area contributed by atoms with Gasteiger partial charge in [-0.1, -0.05) is 0 Å². The Morgan fingerprint density at radius 1 is 1.60 bits per heavy atom. The van der Waals surface area contributed by atoms with E-state index in [0.29, 0.717) is 0 Å². The second-order valence-corrected chi connectivity index (χ2v) is 1.73. The maximum absolute atomic E-state index is 4.99. The van der Waals surface area contributed by atoms with Crippen LogP contribution in [0.2, 0.25) is 0 Å². The van der Waals surface area contributed by atoms with Crippen molar-refractivity contribution < 1.29 is 4.74 Å². The van der Waals surface area contributed by atoms with Crippen LogP contribution in [0.1, 0.15) is 6.92 Å². The van der Waals surface area contributed by atoms with Crippen molar-refractivity contribution in [1.82, 2.24) is 0 Å². The third kappa shape index (κ3) is 5.04. The van der Waals surface area contributed by atoms with Gasteiger partial charge in [0, 0.05) is 7.11 Å². The third-order valence-corrected chi connectivity index (χ3v) is 0.822. The van der Waals surface area contributed by atoms with Crippen molar-refractivity contribution >= 4 is 12.2 Å². The lowest BCUT2D eigenvalue weighted by atomic mass is 10.5. The average molecular weight is 144 g/mol. The Morgan fingerprint density at radius 3 is 2.60 bits per heavy atom. The Morgan fingerprint density at radius 2 is 2.20 bits per heavy atom. The second kappa shape index (κ2) is 4.75. The minimum atomic E-state index is -0.0666. The lowest BCUT2D eigenvalue weighted by Gasteiger charge is -1.97. The van der Waals surface area contributed by atoms with Gasteiger partial charge in [0.05, 0.1) is 12.3 Å². The molecule has 0 aliphatic heterocycles. The highest BCUT2D eigenvalue weighted by atomic mass is 16.5. The minimum absolute atomic E-state index is 0.0560. The fourth-order valence-electron chi connectivity index (χ4n) is 0.255. The number of guanidine groups is 1. The maximum Gasteiger partial charge on any atom is 0.211 e. The van der Waals surface area contributed by atoms with E-state index in [0.717, 1.165) is 0 Å². The molecule has 0 radical (unpaired) electrons. The molecule has 4 N–H and O–H groups in total. The van der Waals surface area contributed by atoms with Crippen molar-refractivity contribution in [2.75, 3.05) is 7.11 Å². The molecule has 0 aliphatic rings. The Labute approximate surface area is 59.8 Å². The van der Waals surface area contributed by atoms with Crippen molar-refractivity contribution in [3.8, 4) is 0 Å². The largest absolute Gasteiger partial charge is 0.376 e.